The van der Waals surface area contributed by atoms with Crippen LogP contribution in [0, 0.1) is 10.1 Å². The number of hydrogen-bond acceptors (Lipinski definition) is 7. The van der Waals surface area contributed by atoms with E-state index in [4.69, 9.17) is 13.9 Å². The van der Waals surface area contributed by atoms with Gasteiger partial charge in [0.2, 0.25) is 0 Å². The van der Waals surface area contributed by atoms with Gasteiger partial charge >= 0.3 is 11.7 Å². The fraction of sp³-hybridized carbons (Fsp3) is 0.459. The summed E-state index contributed by atoms with van der Waals surface area (Å²) >= 11 is 0. The van der Waals surface area contributed by atoms with E-state index >= 15 is 0 Å². The zero-order valence-electron chi connectivity index (χ0n) is 28.9. The minimum atomic E-state index is -2.08. The Hall–Kier alpha value is -4.18. The summed E-state index contributed by atoms with van der Waals surface area (Å²) < 4.78 is 18.0. The zero-order chi connectivity index (χ0) is 34.7. The van der Waals surface area contributed by atoms with Crippen LogP contribution in [0.1, 0.15) is 83.3 Å². The molecule has 1 atom stereocenters. The molecule has 1 N–H and O–H groups in total. The first-order valence-corrected chi connectivity index (χ1v) is 18.6. The Morgan fingerprint density at radius 2 is 1.40 bits per heavy atom. The molecule has 10 heteroatoms. The van der Waals surface area contributed by atoms with Crippen molar-refractivity contribution in [3.63, 3.8) is 0 Å². The molecule has 1 amide bonds. The number of amides is 1. The molecule has 3 aromatic carbocycles. The Kier molecular flexibility index (Phi) is 13.6. The van der Waals surface area contributed by atoms with Crippen LogP contribution in [0.4, 0.5) is 5.69 Å². The van der Waals surface area contributed by atoms with Crippen molar-refractivity contribution in [2.45, 2.75) is 103 Å². The highest BCUT2D eigenvalue weighted by molar-refractivity contribution is 6.78. The normalized spacial score (nSPS) is 12.3. The molecule has 0 bridgehead atoms. The lowest BCUT2D eigenvalue weighted by Gasteiger charge is -2.42. The van der Waals surface area contributed by atoms with Crippen molar-refractivity contribution < 1.29 is 28.4 Å². The van der Waals surface area contributed by atoms with Gasteiger partial charge in [-0.2, -0.15) is 0 Å². The standard InChI is InChI=1S/C37H50N2O7Si/c1-25(2)45-37(41)33(20-16-29-12-10-9-11-13-29)38-36(40)31-17-21-34(39(42)43)35(24-31)44-23-22-30-14-18-32(19-15-30)46-47(26(3)4,27(5)6)28(7)8/h9-15,17-19,21,24-28,33H,16,20,22-23H2,1-8H3,(H,38,40)/t33-/m0/s1. The summed E-state index contributed by atoms with van der Waals surface area (Å²) in [6.07, 6.45) is 1.03. The third-order valence-electron chi connectivity index (χ3n) is 8.50. The summed E-state index contributed by atoms with van der Waals surface area (Å²) in [5.74, 6) is -0.256. The van der Waals surface area contributed by atoms with Gasteiger partial charge in [0.15, 0.2) is 5.75 Å². The van der Waals surface area contributed by atoms with E-state index in [2.05, 4.69) is 46.9 Å². The maximum Gasteiger partial charge on any atom is 0.328 e. The quantitative estimate of drug-likeness (QED) is 0.0667. The first-order valence-electron chi connectivity index (χ1n) is 16.5. The number of carbonyl (C=O) groups excluding carboxylic acids is 2. The molecule has 0 aliphatic heterocycles. The molecule has 0 aliphatic rings. The number of carbonyl (C=O) groups is 2. The molecule has 0 aliphatic carbocycles. The van der Waals surface area contributed by atoms with E-state index in [1.54, 1.807) is 13.8 Å². The van der Waals surface area contributed by atoms with Crippen LogP contribution in [0.3, 0.4) is 0 Å². The van der Waals surface area contributed by atoms with Crippen molar-refractivity contribution in [3.8, 4) is 11.5 Å². The number of esters is 1. The van der Waals surface area contributed by atoms with Crippen LogP contribution in [0.5, 0.6) is 11.5 Å². The van der Waals surface area contributed by atoms with Crippen LogP contribution in [-0.4, -0.2) is 43.9 Å². The largest absolute Gasteiger partial charge is 0.543 e. The van der Waals surface area contributed by atoms with E-state index in [0.29, 0.717) is 35.9 Å². The van der Waals surface area contributed by atoms with Crippen LogP contribution in [0.15, 0.2) is 72.8 Å². The molecule has 3 aromatic rings. The Morgan fingerprint density at radius 1 is 0.809 bits per heavy atom. The number of rotatable bonds is 17. The van der Waals surface area contributed by atoms with Crippen LogP contribution in [0.2, 0.25) is 16.6 Å². The topological polar surface area (TPSA) is 117 Å². The number of benzene rings is 3. The maximum atomic E-state index is 13.3. The first kappa shape index (κ1) is 37.3. The van der Waals surface area contributed by atoms with Gasteiger partial charge in [0.05, 0.1) is 17.6 Å². The number of hydrogen-bond donors (Lipinski definition) is 1. The van der Waals surface area contributed by atoms with Gasteiger partial charge in [-0.25, -0.2) is 4.79 Å². The number of aryl methyl sites for hydroxylation is 1. The van der Waals surface area contributed by atoms with E-state index < -0.39 is 31.2 Å². The van der Waals surface area contributed by atoms with Crippen molar-refractivity contribution in [1.82, 2.24) is 5.32 Å². The van der Waals surface area contributed by atoms with E-state index in [1.165, 1.54) is 18.2 Å². The van der Waals surface area contributed by atoms with Gasteiger partial charge in [-0.1, -0.05) is 84.0 Å². The van der Waals surface area contributed by atoms with Gasteiger partial charge in [0.1, 0.15) is 11.8 Å². The number of nitrogens with zero attached hydrogens (tertiary/aromatic N) is 1. The molecule has 254 valence electrons. The average Bonchev–Trinajstić information content (AvgIpc) is 3.01. The Labute approximate surface area is 280 Å². The molecule has 0 saturated heterocycles. The van der Waals surface area contributed by atoms with E-state index in [0.717, 1.165) is 16.9 Å². The predicted octanol–water partition coefficient (Wildman–Crippen LogP) is 8.45. The fourth-order valence-corrected chi connectivity index (χ4v) is 11.5. The van der Waals surface area contributed by atoms with Crippen molar-refractivity contribution in [2.75, 3.05) is 6.61 Å². The summed E-state index contributed by atoms with van der Waals surface area (Å²) in [5, 5.41) is 14.5. The third kappa shape index (κ3) is 10.2. The summed E-state index contributed by atoms with van der Waals surface area (Å²) in [7, 11) is -2.08. The molecular weight excluding hydrogens is 613 g/mol. The van der Waals surface area contributed by atoms with Gasteiger partial charge in [0.25, 0.3) is 14.2 Å². The van der Waals surface area contributed by atoms with Gasteiger partial charge in [0, 0.05) is 24.1 Å². The second-order valence-electron chi connectivity index (χ2n) is 13.1. The lowest BCUT2D eigenvalue weighted by Crippen LogP contribution is -2.50. The van der Waals surface area contributed by atoms with Gasteiger partial charge in [-0.3, -0.25) is 14.9 Å². The highest BCUT2D eigenvalue weighted by atomic mass is 28.4. The highest BCUT2D eigenvalue weighted by Gasteiger charge is 2.47. The van der Waals surface area contributed by atoms with Crippen molar-refractivity contribution >= 4 is 25.9 Å². The molecule has 0 radical (unpaired) electrons. The lowest BCUT2D eigenvalue weighted by atomic mass is 10.0. The molecule has 0 saturated carbocycles. The Morgan fingerprint density at radius 3 is 1.96 bits per heavy atom. The molecule has 47 heavy (non-hydrogen) atoms. The molecular formula is C37H50N2O7Si. The number of nitro benzene ring substituents is 1. The van der Waals surface area contributed by atoms with Crippen LogP contribution >= 0.6 is 0 Å². The average molecular weight is 663 g/mol. The summed E-state index contributed by atoms with van der Waals surface area (Å²) in [4.78, 5) is 37.4. The lowest BCUT2D eigenvalue weighted by molar-refractivity contribution is -0.385. The van der Waals surface area contributed by atoms with Gasteiger partial charge in [-0.15, -0.1) is 0 Å². The Bertz CT molecular complexity index is 1450. The Balaban J connectivity index is 1.70. The van der Waals surface area contributed by atoms with E-state index in [1.807, 2.05) is 54.6 Å². The molecule has 9 nitrogen and oxygen atoms in total. The second-order valence-corrected chi connectivity index (χ2v) is 18.5. The van der Waals surface area contributed by atoms with Gasteiger partial charge in [-0.05, 0) is 72.6 Å². The van der Waals surface area contributed by atoms with Crippen molar-refractivity contribution in [3.05, 3.63) is 99.6 Å². The van der Waals surface area contributed by atoms with Crippen LogP contribution in [-0.2, 0) is 22.4 Å². The fourth-order valence-electron chi connectivity index (χ4n) is 6.24. The molecule has 0 aromatic heterocycles. The highest BCUT2D eigenvalue weighted by Crippen LogP contribution is 2.42. The summed E-state index contributed by atoms with van der Waals surface area (Å²) in [5.41, 5.74) is 3.28. The van der Waals surface area contributed by atoms with E-state index in [-0.39, 0.29) is 29.7 Å². The molecule has 0 heterocycles. The molecule has 0 fully saturated rings. The number of nitrogens with one attached hydrogen (secondary N) is 1. The summed E-state index contributed by atoms with van der Waals surface area (Å²) in [6, 6.07) is 20.6. The molecule has 0 spiro atoms. The molecule has 0 unspecified atom stereocenters. The molecule has 3 rings (SSSR count). The number of nitro groups is 1. The van der Waals surface area contributed by atoms with Crippen LogP contribution < -0.4 is 14.5 Å². The smallest absolute Gasteiger partial charge is 0.328 e. The summed E-state index contributed by atoms with van der Waals surface area (Å²) in [6.45, 7) is 17.2. The SMILES string of the molecule is CC(C)OC(=O)[C@H](CCc1ccccc1)NC(=O)c1ccc([N+](=O)[O-])c(OCCc2ccc(O[Si](C(C)C)(C(C)C)C(C)C)cc2)c1. The van der Waals surface area contributed by atoms with Crippen LogP contribution in [0.25, 0.3) is 0 Å². The minimum absolute atomic E-state index is 0.0187. The van der Waals surface area contributed by atoms with Gasteiger partial charge < -0.3 is 19.2 Å². The monoisotopic (exact) mass is 662 g/mol. The van der Waals surface area contributed by atoms with Crippen molar-refractivity contribution in [2.24, 2.45) is 0 Å². The minimum Gasteiger partial charge on any atom is -0.543 e. The predicted molar refractivity (Wildman–Crippen MR) is 188 cm³/mol. The second kappa shape index (κ2) is 17.1. The number of ether oxygens (including phenoxy) is 2. The van der Waals surface area contributed by atoms with Crippen molar-refractivity contribution in [1.29, 1.82) is 0 Å². The third-order valence-corrected chi connectivity index (χ3v) is 14.5. The first-order chi connectivity index (χ1) is 22.2. The van der Waals surface area contributed by atoms with E-state index in [9.17, 15) is 19.7 Å². The maximum absolute atomic E-state index is 13.3. The zero-order valence-corrected chi connectivity index (χ0v) is 29.9.